The van der Waals surface area contributed by atoms with Crippen LogP contribution >= 0.6 is 0 Å². The molecule has 1 N–H and O–H groups in total. The highest BCUT2D eigenvalue weighted by molar-refractivity contribution is 5.31. The zero-order valence-corrected chi connectivity index (χ0v) is 13.8. The van der Waals surface area contributed by atoms with E-state index in [0.29, 0.717) is 19.5 Å². The number of aryl methyl sites for hydroxylation is 2. The molecule has 1 aromatic rings. The van der Waals surface area contributed by atoms with E-state index in [1.807, 2.05) is 36.9 Å². The summed E-state index contributed by atoms with van der Waals surface area (Å²) < 4.78 is 39.1. The van der Waals surface area contributed by atoms with Crippen molar-refractivity contribution in [2.45, 2.75) is 57.1 Å². The van der Waals surface area contributed by atoms with Gasteiger partial charge in [-0.05, 0) is 49.9 Å². The molecule has 2 unspecified atom stereocenters. The molecule has 2 heterocycles. The van der Waals surface area contributed by atoms with Gasteiger partial charge in [-0.3, -0.25) is 4.90 Å². The fourth-order valence-corrected chi connectivity index (χ4v) is 3.37. The predicted octanol–water partition coefficient (Wildman–Crippen LogP) is 3.92. The van der Waals surface area contributed by atoms with Gasteiger partial charge in [-0.1, -0.05) is 18.2 Å². The van der Waals surface area contributed by atoms with Gasteiger partial charge in [0, 0.05) is 19.0 Å². The standard InChI is InChI=1S/C17H22F3N3O/c1-11-5-6-13(8-12(11)2)15(24)10-23-7-3-4-14(23)9-16(21-22-16)17(18,19)20/h5-6,8,14-15,24H,3-4,7,9-10H2,1-2H3. The van der Waals surface area contributed by atoms with Crippen LogP contribution in [-0.4, -0.2) is 41.0 Å². The molecular weight excluding hydrogens is 319 g/mol. The Bertz CT molecular complexity index is 638. The van der Waals surface area contributed by atoms with Crippen molar-refractivity contribution in [3.05, 3.63) is 34.9 Å². The second kappa shape index (κ2) is 6.11. The van der Waals surface area contributed by atoms with Crippen molar-refractivity contribution >= 4 is 0 Å². The SMILES string of the molecule is Cc1ccc(C(O)CN2CCCC2CC2(C(F)(F)F)N=N2)cc1C. The summed E-state index contributed by atoms with van der Waals surface area (Å²) >= 11 is 0. The second-order valence-electron chi connectivity index (χ2n) is 6.87. The van der Waals surface area contributed by atoms with Crippen molar-refractivity contribution in [3.63, 3.8) is 0 Å². The molecule has 0 aromatic heterocycles. The topological polar surface area (TPSA) is 48.2 Å². The zero-order valence-electron chi connectivity index (χ0n) is 13.8. The van der Waals surface area contributed by atoms with Gasteiger partial charge in [-0.25, -0.2) is 0 Å². The second-order valence-corrected chi connectivity index (χ2v) is 6.87. The van der Waals surface area contributed by atoms with Gasteiger partial charge in [0.25, 0.3) is 5.66 Å². The van der Waals surface area contributed by atoms with Gasteiger partial charge in [-0.2, -0.15) is 13.2 Å². The lowest BCUT2D eigenvalue weighted by Gasteiger charge is -2.29. The molecule has 1 saturated heterocycles. The van der Waals surface area contributed by atoms with Crippen LogP contribution in [0.4, 0.5) is 13.2 Å². The molecule has 1 aromatic carbocycles. The van der Waals surface area contributed by atoms with E-state index in [4.69, 9.17) is 0 Å². The molecule has 0 aliphatic carbocycles. The third-order valence-electron chi connectivity index (χ3n) is 5.14. The Morgan fingerprint density at radius 3 is 2.58 bits per heavy atom. The summed E-state index contributed by atoms with van der Waals surface area (Å²) in [6.45, 7) is 5.01. The summed E-state index contributed by atoms with van der Waals surface area (Å²) in [5, 5.41) is 17.0. The summed E-state index contributed by atoms with van der Waals surface area (Å²) in [6.07, 6.45) is -3.76. The number of hydrogen-bond donors (Lipinski definition) is 1. The van der Waals surface area contributed by atoms with Crippen LogP contribution in [0.1, 0.15) is 42.1 Å². The average molecular weight is 341 g/mol. The minimum absolute atomic E-state index is 0.143. The number of aliphatic hydroxyl groups excluding tert-OH is 1. The van der Waals surface area contributed by atoms with Gasteiger partial charge in [0.2, 0.25) is 0 Å². The van der Waals surface area contributed by atoms with Gasteiger partial charge in [0.1, 0.15) is 0 Å². The fourth-order valence-electron chi connectivity index (χ4n) is 3.37. The Hall–Kier alpha value is -1.47. The molecule has 24 heavy (non-hydrogen) atoms. The maximum absolute atomic E-state index is 13.0. The highest BCUT2D eigenvalue weighted by Gasteiger charge is 2.64. The number of aliphatic hydroxyl groups is 1. The van der Waals surface area contributed by atoms with Crippen LogP contribution in [0.15, 0.2) is 28.4 Å². The normalized spacial score (nSPS) is 24.3. The number of nitrogens with zero attached hydrogens (tertiary/aromatic N) is 3. The number of likely N-dealkylation sites (tertiary alicyclic amines) is 1. The van der Waals surface area contributed by atoms with E-state index >= 15 is 0 Å². The number of benzene rings is 1. The maximum Gasteiger partial charge on any atom is 0.437 e. The van der Waals surface area contributed by atoms with Crippen LogP contribution in [0.2, 0.25) is 0 Å². The molecular formula is C17H22F3N3O. The highest BCUT2D eigenvalue weighted by Crippen LogP contribution is 2.49. The van der Waals surface area contributed by atoms with E-state index in [0.717, 1.165) is 23.1 Å². The summed E-state index contributed by atoms with van der Waals surface area (Å²) in [5.41, 5.74) is 0.839. The van der Waals surface area contributed by atoms with Crippen molar-refractivity contribution in [1.82, 2.24) is 4.90 Å². The lowest BCUT2D eigenvalue weighted by molar-refractivity contribution is -0.168. The van der Waals surface area contributed by atoms with Crippen molar-refractivity contribution in [3.8, 4) is 0 Å². The number of alkyl halides is 3. The van der Waals surface area contributed by atoms with Crippen LogP contribution in [0.5, 0.6) is 0 Å². The Kier molecular flexibility index (Phi) is 4.42. The molecule has 1 fully saturated rings. The first-order valence-electron chi connectivity index (χ1n) is 8.22. The number of hydrogen-bond acceptors (Lipinski definition) is 4. The minimum atomic E-state index is -4.42. The summed E-state index contributed by atoms with van der Waals surface area (Å²) in [4.78, 5) is 1.94. The van der Waals surface area contributed by atoms with Gasteiger partial charge in [0.15, 0.2) is 0 Å². The van der Waals surface area contributed by atoms with Crippen molar-refractivity contribution in [2.75, 3.05) is 13.1 Å². The molecule has 2 aliphatic heterocycles. The van der Waals surface area contributed by atoms with Crippen LogP contribution in [0, 0.1) is 13.8 Å². The van der Waals surface area contributed by atoms with Crippen LogP contribution in [0.3, 0.4) is 0 Å². The molecule has 0 saturated carbocycles. The van der Waals surface area contributed by atoms with Crippen molar-refractivity contribution in [2.24, 2.45) is 10.2 Å². The summed E-state index contributed by atoms with van der Waals surface area (Å²) in [6, 6.07) is 5.52. The van der Waals surface area contributed by atoms with Gasteiger partial charge in [0.05, 0.1) is 6.10 Å². The molecule has 2 aliphatic rings. The lowest BCUT2D eigenvalue weighted by atomic mass is 9.99. The first-order valence-corrected chi connectivity index (χ1v) is 8.22. The van der Waals surface area contributed by atoms with Crippen LogP contribution < -0.4 is 0 Å². The molecule has 3 rings (SSSR count). The molecule has 0 bridgehead atoms. The Morgan fingerprint density at radius 2 is 2.00 bits per heavy atom. The maximum atomic E-state index is 13.0. The molecule has 0 spiro atoms. The molecule has 2 atom stereocenters. The average Bonchev–Trinajstić information content (AvgIpc) is 3.17. The van der Waals surface area contributed by atoms with E-state index in [-0.39, 0.29) is 12.5 Å². The predicted molar refractivity (Wildman–Crippen MR) is 83.7 cm³/mol. The Labute approximate surface area is 139 Å². The van der Waals surface area contributed by atoms with E-state index in [9.17, 15) is 18.3 Å². The quantitative estimate of drug-likeness (QED) is 0.882. The van der Waals surface area contributed by atoms with E-state index in [2.05, 4.69) is 10.2 Å². The smallest absolute Gasteiger partial charge is 0.387 e. The van der Waals surface area contributed by atoms with Gasteiger partial charge >= 0.3 is 6.18 Å². The van der Waals surface area contributed by atoms with Gasteiger partial charge < -0.3 is 5.11 Å². The third-order valence-corrected chi connectivity index (χ3v) is 5.14. The van der Waals surface area contributed by atoms with E-state index in [1.165, 1.54) is 0 Å². The summed E-state index contributed by atoms with van der Waals surface area (Å²) in [7, 11) is 0. The van der Waals surface area contributed by atoms with Crippen molar-refractivity contribution < 1.29 is 18.3 Å². The Morgan fingerprint density at radius 1 is 1.29 bits per heavy atom. The molecule has 132 valence electrons. The van der Waals surface area contributed by atoms with E-state index < -0.39 is 17.9 Å². The van der Waals surface area contributed by atoms with Crippen LogP contribution in [-0.2, 0) is 0 Å². The van der Waals surface area contributed by atoms with Crippen molar-refractivity contribution in [1.29, 1.82) is 0 Å². The fraction of sp³-hybridized carbons (Fsp3) is 0.647. The highest BCUT2D eigenvalue weighted by atomic mass is 19.4. The first-order chi connectivity index (χ1) is 11.2. The summed E-state index contributed by atoms with van der Waals surface area (Å²) in [5.74, 6) is 0. The molecule has 0 radical (unpaired) electrons. The first kappa shape index (κ1) is 17.4. The Balaban J connectivity index is 1.64. The number of rotatable bonds is 5. The minimum Gasteiger partial charge on any atom is -0.387 e. The lowest BCUT2D eigenvalue weighted by Crippen LogP contribution is -2.42. The monoisotopic (exact) mass is 341 g/mol. The largest absolute Gasteiger partial charge is 0.437 e. The number of halogens is 3. The van der Waals surface area contributed by atoms with Gasteiger partial charge in [-0.15, -0.1) is 10.2 Å². The molecule has 0 amide bonds. The zero-order chi connectivity index (χ0) is 17.5. The third kappa shape index (κ3) is 3.32. The van der Waals surface area contributed by atoms with E-state index in [1.54, 1.807) is 0 Å². The molecule has 4 nitrogen and oxygen atoms in total. The molecule has 7 heteroatoms. The van der Waals surface area contributed by atoms with Crippen LogP contribution in [0.25, 0.3) is 0 Å². The number of β-amino-alcohol motifs (C(OH)–C–C–N with tert-alkyl or cyclic N) is 1.